The Hall–Kier alpha value is -3.95. The van der Waals surface area contributed by atoms with Crippen LogP contribution < -0.4 is 5.32 Å². The van der Waals surface area contributed by atoms with Gasteiger partial charge in [-0.05, 0) is 44.2 Å². The molecule has 2 unspecified atom stereocenters. The highest BCUT2D eigenvalue weighted by molar-refractivity contribution is 6.10. The molecule has 178 valence electrons. The summed E-state index contributed by atoms with van der Waals surface area (Å²) in [5.74, 6) is 1.44. The third-order valence-corrected chi connectivity index (χ3v) is 7.33. The van der Waals surface area contributed by atoms with Crippen molar-refractivity contribution in [3.8, 4) is 11.1 Å². The molecule has 1 aliphatic rings. The Balaban J connectivity index is 1.54. The van der Waals surface area contributed by atoms with Crippen LogP contribution in [-0.2, 0) is 0 Å². The van der Waals surface area contributed by atoms with E-state index in [1.54, 1.807) is 0 Å². The van der Waals surface area contributed by atoms with Crippen molar-refractivity contribution in [2.75, 3.05) is 7.05 Å². The van der Waals surface area contributed by atoms with E-state index in [1.807, 2.05) is 0 Å². The average molecular weight is 470 g/mol. The van der Waals surface area contributed by atoms with Crippen LogP contribution in [0.2, 0.25) is 0 Å². The normalized spacial score (nSPS) is 18.1. The summed E-state index contributed by atoms with van der Waals surface area (Å²) in [6, 6.07) is 39.0. The Bertz CT molecular complexity index is 1560. The molecule has 0 radical (unpaired) electrons. The lowest BCUT2D eigenvalue weighted by Crippen LogP contribution is -2.54. The molecule has 6 rings (SSSR count). The molecule has 0 aliphatic carbocycles. The highest BCUT2D eigenvalue weighted by Gasteiger charge is 2.32. The minimum atomic E-state index is -0.141. The zero-order valence-corrected chi connectivity index (χ0v) is 21.0. The molecule has 0 aromatic heterocycles. The van der Waals surface area contributed by atoms with E-state index in [2.05, 4.69) is 140 Å². The maximum absolute atomic E-state index is 5.37. The number of benzene rings is 5. The van der Waals surface area contributed by atoms with E-state index >= 15 is 0 Å². The largest absolute Gasteiger partial charge is 0.344 e. The molecule has 0 spiro atoms. The molecule has 0 saturated carbocycles. The summed E-state index contributed by atoms with van der Waals surface area (Å²) in [5, 5.41) is 8.82. The zero-order valence-electron chi connectivity index (χ0n) is 21.0. The Morgan fingerprint density at radius 2 is 1.31 bits per heavy atom. The molecule has 0 fully saturated rings. The summed E-state index contributed by atoms with van der Waals surface area (Å²) in [4.78, 5) is 7.68. The van der Waals surface area contributed by atoms with Crippen LogP contribution in [0.1, 0.15) is 31.1 Å². The van der Waals surface area contributed by atoms with Crippen molar-refractivity contribution in [3.63, 3.8) is 0 Å². The van der Waals surface area contributed by atoms with Crippen LogP contribution in [-0.4, -0.2) is 23.9 Å². The van der Waals surface area contributed by atoms with Gasteiger partial charge in [0.1, 0.15) is 12.0 Å². The number of hydrogen-bond acceptors (Lipinski definition) is 3. The van der Waals surface area contributed by atoms with Gasteiger partial charge in [-0.2, -0.15) is 0 Å². The minimum Gasteiger partial charge on any atom is -0.344 e. The van der Waals surface area contributed by atoms with Crippen LogP contribution in [0.3, 0.4) is 0 Å². The number of nitrogens with one attached hydrogen (secondary N) is 1. The first-order valence-corrected chi connectivity index (χ1v) is 12.7. The van der Waals surface area contributed by atoms with Gasteiger partial charge in [-0.15, -0.1) is 0 Å². The molecule has 0 bridgehead atoms. The van der Waals surface area contributed by atoms with Crippen LogP contribution >= 0.6 is 0 Å². The molecule has 1 aliphatic heterocycles. The summed E-state index contributed by atoms with van der Waals surface area (Å²) >= 11 is 0. The van der Waals surface area contributed by atoms with Crippen LogP contribution in [0.15, 0.2) is 114 Å². The third-order valence-electron chi connectivity index (χ3n) is 7.33. The van der Waals surface area contributed by atoms with Gasteiger partial charge in [0, 0.05) is 12.6 Å². The van der Waals surface area contributed by atoms with Crippen molar-refractivity contribution in [3.05, 3.63) is 120 Å². The molecule has 0 saturated heterocycles. The number of aliphatic imine (C=N–C) groups is 1. The first kappa shape index (κ1) is 22.5. The number of hydrogen-bond donors (Lipinski definition) is 1. The van der Waals surface area contributed by atoms with Crippen molar-refractivity contribution in [2.45, 2.75) is 26.2 Å². The molecular weight excluding hydrogens is 438 g/mol. The summed E-state index contributed by atoms with van der Waals surface area (Å²) in [5.41, 5.74) is 4.87. The first-order chi connectivity index (χ1) is 17.6. The standard InChI is InChI=1S/C33H31N3/c1-22(2)32-34-31(35-33(36(32)3)30-21-9-15-24-14-7-8-16-26(24)30)29-20-11-18-27-25(17-10-19-28(27)29)23-12-5-4-6-13-23/h4-22,31-32,34H,1-3H3. The fourth-order valence-electron chi connectivity index (χ4n) is 5.58. The predicted molar refractivity (Wildman–Crippen MR) is 152 cm³/mol. The van der Waals surface area contributed by atoms with Crippen molar-refractivity contribution in [1.29, 1.82) is 0 Å². The third kappa shape index (κ3) is 3.86. The van der Waals surface area contributed by atoms with Crippen LogP contribution in [0.5, 0.6) is 0 Å². The van der Waals surface area contributed by atoms with Gasteiger partial charge < -0.3 is 4.90 Å². The molecule has 5 aromatic rings. The van der Waals surface area contributed by atoms with E-state index in [9.17, 15) is 0 Å². The fourth-order valence-corrected chi connectivity index (χ4v) is 5.58. The second kappa shape index (κ2) is 9.25. The number of amidine groups is 1. The fraction of sp³-hybridized carbons (Fsp3) is 0.182. The van der Waals surface area contributed by atoms with E-state index in [-0.39, 0.29) is 12.3 Å². The van der Waals surface area contributed by atoms with Crippen LogP contribution in [0.4, 0.5) is 0 Å². The maximum Gasteiger partial charge on any atom is 0.134 e. The minimum absolute atomic E-state index is 0.141. The molecule has 2 atom stereocenters. The van der Waals surface area contributed by atoms with Crippen LogP contribution in [0.25, 0.3) is 32.7 Å². The summed E-state index contributed by atoms with van der Waals surface area (Å²) in [6.07, 6.45) is 0.0197. The molecule has 1 heterocycles. The zero-order chi connectivity index (χ0) is 24.6. The smallest absolute Gasteiger partial charge is 0.134 e. The number of rotatable bonds is 4. The van der Waals surface area contributed by atoms with Gasteiger partial charge in [0.05, 0.1) is 6.17 Å². The van der Waals surface area contributed by atoms with E-state index in [1.165, 1.54) is 43.8 Å². The molecule has 5 aromatic carbocycles. The van der Waals surface area contributed by atoms with Gasteiger partial charge in [-0.3, -0.25) is 5.32 Å². The van der Waals surface area contributed by atoms with Crippen molar-refractivity contribution < 1.29 is 0 Å². The predicted octanol–water partition coefficient (Wildman–Crippen LogP) is 7.62. The lowest BCUT2D eigenvalue weighted by atomic mass is 9.94. The monoisotopic (exact) mass is 469 g/mol. The topological polar surface area (TPSA) is 27.6 Å². The van der Waals surface area contributed by atoms with Gasteiger partial charge in [0.2, 0.25) is 0 Å². The highest BCUT2D eigenvalue weighted by Crippen LogP contribution is 2.35. The van der Waals surface area contributed by atoms with Gasteiger partial charge in [-0.25, -0.2) is 4.99 Å². The molecule has 36 heavy (non-hydrogen) atoms. The second-order valence-electron chi connectivity index (χ2n) is 9.96. The van der Waals surface area contributed by atoms with E-state index < -0.39 is 0 Å². The molecule has 3 nitrogen and oxygen atoms in total. The average Bonchev–Trinajstić information content (AvgIpc) is 2.92. The summed E-state index contributed by atoms with van der Waals surface area (Å²) < 4.78 is 0. The molecule has 1 N–H and O–H groups in total. The Kier molecular flexibility index (Phi) is 5.79. The van der Waals surface area contributed by atoms with Gasteiger partial charge in [0.15, 0.2) is 0 Å². The Labute approximate surface area is 213 Å². The summed E-state index contributed by atoms with van der Waals surface area (Å²) in [6.45, 7) is 4.54. The van der Waals surface area contributed by atoms with Crippen molar-refractivity contribution >= 4 is 27.4 Å². The van der Waals surface area contributed by atoms with E-state index in [0.717, 1.165) is 5.84 Å². The highest BCUT2D eigenvalue weighted by atomic mass is 15.4. The number of nitrogens with zero attached hydrogens (tertiary/aromatic N) is 2. The van der Waals surface area contributed by atoms with Gasteiger partial charge >= 0.3 is 0 Å². The molecule has 3 heteroatoms. The maximum atomic E-state index is 5.37. The Morgan fingerprint density at radius 3 is 2.14 bits per heavy atom. The van der Waals surface area contributed by atoms with E-state index in [0.29, 0.717) is 5.92 Å². The number of fused-ring (bicyclic) bond motifs is 2. The van der Waals surface area contributed by atoms with Crippen LogP contribution in [0, 0.1) is 5.92 Å². The second-order valence-corrected chi connectivity index (χ2v) is 9.96. The quantitative estimate of drug-likeness (QED) is 0.293. The van der Waals surface area contributed by atoms with Gasteiger partial charge in [0.25, 0.3) is 0 Å². The molecule has 0 amide bonds. The summed E-state index contributed by atoms with van der Waals surface area (Å²) in [7, 11) is 2.16. The van der Waals surface area contributed by atoms with Gasteiger partial charge in [-0.1, -0.05) is 123 Å². The first-order valence-electron chi connectivity index (χ1n) is 12.7. The Morgan fingerprint density at radius 1 is 0.667 bits per heavy atom. The van der Waals surface area contributed by atoms with Crippen molar-refractivity contribution in [2.24, 2.45) is 10.9 Å². The SMILES string of the molecule is CC(C)C1NC(c2cccc3c(-c4ccccc4)cccc23)N=C(c2cccc3ccccc23)N1C. The van der Waals surface area contributed by atoms with Crippen molar-refractivity contribution in [1.82, 2.24) is 10.2 Å². The lowest BCUT2D eigenvalue weighted by molar-refractivity contribution is 0.197. The lowest BCUT2D eigenvalue weighted by Gasteiger charge is -2.41. The van der Waals surface area contributed by atoms with E-state index in [4.69, 9.17) is 4.99 Å². The molecular formula is C33H31N3.